The topological polar surface area (TPSA) is 93.1 Å². The van der Waals surface area contributed by atoms with E-state index in [1.807, 2.05) is 23.1 Å². The summed E-state index contributed by atoms with van der Waals surface area (Å²) in [6.07, 6.45) is 12.4. The lowest BCUT2D eigenvalue weighted by molar-refractivity contribution is -0.119. The molecule has 1 N–H and O–H groups in total. The van der Waals surface area contributed by atoms with Crippen LogP contribution in [0.3, 0.4) is 0 Å². The predicted octanol–water partition coefficient (Wildman–Crippen LogP) is 5.60. The smallest absolute Gasteiger partial charge is 0.317 e. The van der Waals surface area contributed by atoms with Gasteiger partial charge in [-0.25, -0.2) is 15.0 Å². The highest BCUT2D eigenvalue weighted by Crippen LogP contribution is 2.36. The highest BCUT2D eigenvalue weighted by molar-refractivity contribution is 7.18. The van der Waals surface area contributed by atoms with Crippen molar-refractivity contribution in [3.63, 3.8) is 0 Å². The van der Waals surface area contributed by atoms with Crippen LogP contribution in [0.4, 0.5) is 16.6 Å². The Morgan fingerprint density at radius 3 is 2.71 bits per heavy atom. The highest BCUT2D eigenvalue weighted by Gasteiger charge is 2.28. The molecule has 0 spiro atoms. The van der Waals surface area contributed by atoms with Crippen molar-refractivity contribution < 1.29 is 9.53 Å². The largest absolute Gasteiger partial charge is 0.460 e. The van der Waals surface area contributed by atoms with E-state index in [9.17, 15) is 4.79 Å². The van der Waals surface area contributed by atoms with E-state index in [-0.39, 0.29) is 12.0 Å². The molecule has 3 aromatic heterocycles. The molecule has 4 heterocycles. The number of amides is 1. The van der Waals surface area contributed by atoms with E-state index in [2.05, 4.69) is 39.1 Å². The van der Waals surface area contributed by atoms with Crippen molar-refractivity contribution in [2.24, 2.45) is 5.41 Å². The van der Waals surface area contributed by atoms with Gasteiger partial charge in [0.25, 0.3) is 0 Å². The molecule has 0 unspecified atom stereocenters. The van der Waals surface area contributed by atoms with Crippen molar-refractivity contribution in [1.82, 2.24) is 19.9 Å². The summed E-state index contributed by atoms with van der Waals surface area (Å²) < 4.78 is 6.09. The van der Waals surface area contributed by atoms with Crippen LogP contribution < -0.4 is 15.0 Å². The molecule has 1 amide bonds. The maximum Gasteiger partial charge on any atom is 0.317 e. The van der Waals surface area contributed by atoms with Crippen molar-refractivity contribution in [1.29, 1.82) is 0 Å². The van der Waals surface area contributed by atoms with Crippen LogP contribution in [0.1, 0.15) is 58.8 Å². The van der Waals surface area contributed by atoms with Crippen molar-refractivity contribution in [3.8, 4) is 16.6 Å². The quantitative estimate of drug-likeness (QED) is 0.493. The van der Waals surface area contributed by atoms with Crippen LogP contribution in [0.15, 0.2) is 36.8 Å². The second-order valence-electron chi connectivity index (χ2n) is 9.76. The SMILES string of the molecule is CC1(C)CCC(Oc2nccc(-c3cnc(Nc4ccc(N5CCCCC5=O)cn4)s3)n2)CC1. The van der Waals surface area contributed by atoms with Gasteiger partial charge in [0, 0.05) is 25.4 Å². The van der Waals surface area contributed by atoms with E-state index < -0.39 is 0 Å². The third-order valence-electron chi connectivity index (χ3n) is 6.57. The number of anilines is 3. The van der Waals surface area contributed by atoms with Crippen LogP contribution >= 0.6 is 11.3 Å². The van der Waals surface area contributed by atoms with Gasteiger partial charge in [-0.15, -0.1) is 0 Å². The molecule has 1 saturated carbocycles. The van der Waals surface area contributed by atoms with Gasteiger partial charge >= 0.3 is 6.01 Å². The molecule has 2 fully saturated rings. The minimum atomic E-state index is 0.166. The number of nitrogens with one attached hydrogen (secondary N) is 1. The Morgan fingerprint density at radius 1 is 1.09 bits per heavy atom. The summed E-state index contributed by atoms with van der Waals surface area (Å²) in [7, 11) is 0. The van der Waals surface area contributed by atoms with Gasteiger partial charge in [0.15, 0.2) is 5.13 Å². The fraction of sp³-hybridized carbons (Fsp3) is 0.480. The highest BCUT2D eigenvalue weighted by atomic mass is 32.1. The molecule has 0 radical (unpaired) electrons. The molecule has 178 valence electrons. The van der Waals surface area contributed by atoms with Gasteiger partial charge in [-0.3, -0.25) is 4.79 Å². The summed E-state index contributed by atoms with van der Waals surface area (Å²) >= 11 is 1.50. The minimum Gasteiger partial charge on any atom is -0.460 e. The van der Waals surface area contributed by atoms with Crippen LogP contribution in [0.25, 0.3) is 10.6 Å². The van der Waals surface area contributed by atoms with E-state index in [1.165, 1.54) is 11.3 Å². The first-order valence-corrected chi connectivity index (χ1v) is 12.8. The molecule has 0 atom stereocenters. The van der Waals surface area contributed by atoms with E-state index in [0.29, 0.717) is 23.7 Å². The lowest BCUT2D eigenvalue weighted by Crippen LogP contribution is -2.35. The van der Waals surface area contributed by atoms with Crippen LogP contribution in [-0.2, 0) is 4.79 Å². The van der Waals surface area contributed by atoms with Crippen molar-refractivity contribution in [2.45, 2.75) is 64.9 Å². The third kappa shape index (κ3) is 5.35. The number of carbonyl (C=O) groups is 1. The van der Waals surface area contributed by atoms with Gasteiger partial charge in [-0.05, 0) is 62.1 Å². The summed E-state index contributed by atoms with van der Waals surface area (Å²) in [4.78, 5) is 32.7. The van der Waals surface area contributed by atoms with Crippen LogP contribution in [0, 0.1) is 5.41 Å². The number of carbonyl (C=O) groups excluding carboxylic acids is 1. The minimum absolute atomic E-state index is 0.166. The van der Waals surface area contributed by atoms with Gasteiger partial charge in [0.2, 0.25) is 5.91 Å². The Bertz CT molecular complexity index is 1140. The van der Waals surface area contributed by atoms with Gasteiger partial charge < -0.3 is 15.0 Å². The zero-order valence-corrected chi connectivity index (χ0v) is 20.5. The number of hydrogen-bond acceptors (Lipinski definition) is 8. The summed E-state index contributed by atoms with van der Waals surface area (Å²) in [6.45, 7) is 5.39. The number of pyridine rings is 1. The van der Waals surface area contributed by atoms with E-state index in [0.717, 1.165) is 66.5 Å². The fourth-order valence-electron chi connectivity index (χ4n) is 4.43. The molecule has 0 aromatic carbocycles. The standard InChI is InChI=1S/C25H30N6O2S/c1-25(2)11-8-18(9-12-25)33-23-26-13-10-19(29-23)20-16-28-24(34-20)30-21-7-6-17(15-27-21)31-14-4-3-5-22(31)32/h6-7,10,13,15-16,18H,3-5,8-9,11-12,14H2,1-2H3,(H,27,28,30). The lowest BCUT2D eigenvalue weighted by Gasteiger charge is -2.33. The van der Waals surface area contributed by atoms with Crippen LogP contribution in [0.2, 0.25) is 0 Å². The number of ether oxygens (including phenoxy) is 1. The van der Waals surface area contributed by atoms with Crippen molar-refractivity contribution >= 4 is 33.9 Å². The molecule has 5 rings (SSSR count). The summed E-state index contributed by atoms with van der Waals surface area (Å²) in [5.74, 6) is 0.847. The number of piperidine rings is 1. The number of rotatable bonds is 6. The van der Waals surface area contributed by atoms with Crippen LogP contribution in [-0.4, -0.2) is 38.5 Å². The summed E-state index contributed by atoms with van der Waals surface area (Å²) in [5, 5.41) is 3.96. The second-order valence-corrected chi connectivity index (χ2v) is 10.8. The van der Waals surface area contributed by atoms with Crippen molar-refractivity contribution in [3.05, 3.63) is 36.8 Å². The lowest BCUT2D eigenvalue weighted by atomic mass is 9.76. The number of hydrogen-bond donors (Lipinski definition) is 1. The Hall–Kier alpha value is -3.07. The molecular weight excluding hydrogens is 448 g/mol. The van der Waals surface area contributed by atoms with Gasteiger partial charge in [-0.2, -0.15) is 4.98 Å². The molecule has 3 aromatic rings. The van der Waals surface area contributed by atoms with Gasteiger partial charge in [0.05, 0.1) is 22.5 Å². The molecule has 1 saturated heterocycles. The normalized spacial score (nSPS) is 18.6. The molecule has 9 heteroatoms. The molecule has 2 aliphatic rings. The molecular formula is C25H30N6O2S. The van der Waals surface area contributed by atoms with Gasteiger partial charge in [-0.1, -0.05) is 25.2 Å². The first kappa shape index (κ1) is 22.7. The monoisotopic (exact) mass is 478 g/mol. The van der Waals surface area contributed by atoms with E-state index in [4.69, 9.17) is 4.74 Å². The summed E-state index contributed by atoms with van der Waals surface area (Å²) in [6, 6.07) is 6.10. The van der Waals surface area contributed by atoms with Gasteiger partial charge in [0.1, 0.15) is 11.9 Å². The first-order chi connectivity index (χ1) is 16.4. The van der Waals surface area contributed by atoms with Crippen molar-refractivity contribution in [2.75, 3.05) is 16.8 Å². The molecule has 1 aliphatic heterocycles. The predicted molar refractivity (Wildman–Crippen MR) is 134 cm³/mol. The van der Waals surface area contributed by atoms with E-state index >= 15 is 0 Å². The molecule has 1 aliphatic carbocycles. The average Bonchev–Trinajstić information content (AvgIpc) is 3.30. The van der Waals surface area contributed by atoms with Crippen LogP contribution in [0.5, 0.6) is 6.01 Å². The Morgan fingerprint density at radius 2 is 1.94 bits per heavy atom. The summed E-state index contributed by atoms with van der Waals surface area (Å²) in [5.41, 5.74) is 2.03. The fourth-order valence-corrected chi connectivity index (χ4v) is 5.23. The first-order valence-electron chi connectivity index (χ1n) is 11.9. The Balaban J connectivity index is 1.22. The number of aromatic nitrogens is 4. The Kier molecular flexibility index (Phi) is 6.45. The Labute approximate surface area is 203 Å². The third-order valence-corrected chi connectivity index (χ3v) is 7.50. The zero-order valence-electron chi connectivity index (χ0n) is 19.7. The molecule has 0 bridgehead atoms. The maximum absolute atomic E-state index is 12.1. The maximum atomic E-state index is 12.1. The van der Waals surface area contributed by atoms with E-state index in [1.54, 1.807) is 18.6 Å². The number of nitrogens with zero attached hydrogens (tertiary/aromatic N) is 5. The molecule has 34 heavy (non-hydrogen) atoms. The number of thiazole rings is 1. The second kappa shape index (κ2) is 9.66. The average molecular weight is 479 g/mol. The zero-order chi connectivity index (χ0) is 23.5. The molecule has 8 nitrogen and oxygen atoms in total.